The van der Waals surface area contributed by atoms with Crippen LogP contribution in [0.4, 0.5) is 0 Å². The molecule has 0 bridgehead atoms. The topological polar surface area (TPSA) is 6.48 Å². The zero-order chi connectivity index (χ0) is 10.2. The molecule has 0 unspecified atom stereocenters. The van der Waals surface area contributed by atoms with Gasteiger partial charge in [-0.2, -0.15) is 0 Å². The van der Waals surface area contributed by atoms with Gasteiger partial charge in [-0.05, 0) is 45.3 Å². The minimum atomic E-state index is 0.550. The molecule has 2 aliphatic rings. The van der Waals surface area contributed by atoms with Crippen molar-refractivity contribution in [1.29, 1.82) is 0 Å². The molecule has 2 nitrogen and oxygen atoms in total. The monoisotopic (exact) mass is 196 g/mol. The predicted molar refractivity (Wildman–Crippen MR) is 60.5 cm³/mol. The van der Waals surface area contributed by atoms with Crippen LogP contribution in [0.25, 0.3) is 0 Å². The van der Waals surface area contributed by atoms with Crippen LogP contribution >= 0.6 is 0 Å². The van der Waals surface area contributed by atoms with Gasteiger partial charge in [0.05, 0.1) is 0 Å². The maximum atomic E-state index is 2.76. The lowest BCUT2D eigenvalue weighted by Gasteiger charge is -2.56. The Morgan fingerprint density at radius 3 is 2.21 bits per heavy atom. The predicted octanol–water partition coefficient (Wildman–Crippen LogP) is 1.81. The van der Waals surface area contributed by atoms with Crippen molar-refractivity contribution < 1.29 is 0 Å². The Kier molecular flexibility index (Phi) is 2.85. The summed E-state index contributed by atoms with van der Waals surface area (Å²) in [5.74, 6) is 0.956. The van der Waals surface area contributed by atoms with Gasteiger partial charge in [0.25, 0.3) is 0 Å². The molecule has 0 radical (unpaired) electrons. The number of piperidine rings is 1. The summed E-state index contributed by atoms with van der Waals surface area (Å²) in [6.07, 6.45) is 4.14. The second-order valence-corrected chi connectivity index (χ2v) is 5.42. The van der Waals surface area contributed by atoms with E-state index < -0.39 is 0 Å². The van der Waals surface area contributed by atoms with Crippen molar-refractivity contribution in [3.8, 4) is 0 Å². The first-order valence-corrected chi connectivity index (χ1v) is 6.10. The lowest BCUT2D eigenvalue weighted by atomic mass is 9.83. The standard InChI is InChI=1S/C12H24N2/c1-4-12(9-13(3)10-12)14-7-5-11(2)6-8-14/h11H,4-10H2,1-3H3. The van der Waals surface area contributed by atoms with E-state index in [0.717, 1.165) is 5.92 Å². The zero-order valence-corrected chi connectivity index (χ0v) is 9.92. The third-order valence-electron chi connectivity index (χ3n) is 4.24. The molecule has 2 heterocycles. The van der Waals surface area contributed by atoms with Gasteiger partial charge < -0.3 is 4.90 Å². The van der Waals surface area contributed by atoms with Gasteiger partial charge in [0.2, 0.25) is 0 Å². The minimum absolute atomic E-state index is 0.550. The molecular formula is C12H24N2. The highest BCUT2D eigenvalue weighted by molar-refractivity contribution is 5.02. The molecule has 2 aliphatic heterocycles. The Labute approximate surface area is 88.3 Å². The van der Waals surface area contributed by atoms with Gasteiger partial charge in [-0.1, -0.05) is 13.8 Å². The summed E-state index contributed by atoms with van der Waals surface area (Å²) in [5, 5.41) is 0. The highest BCUT2D eigenvalue weighted by Crippen LogP contribution is 2.33. The van der Waals surface area contributed by atoms with Crippen molar-refractivity contribution in [2.45, 2.75) is 38.6 Å². The van der Waals surface area contributed by atoms with E-state index in [-0.39, 0.29) is 0 Å². The molecule has 82 valence electrons. The SMILES string of the molecule is CCC1(N2CCC(C)CC2)CN(C)C1. The van der Waals surface area contributed by atoms with Crippen molar-refractivity contribution in [3.05, 3.63) is 0 Å². The smallest absolute Gasteiger partial charge is 0.0460 e. The van der Waals surface area contributed by atoms with Crippen molar-refractivity contribution in [2.75, 3.05) is 33.2 Å². The molecular weight excluding hydrogens is 172 g/mol. The summed E-state index contributed by atoms with van der Waals surface area (Å²) in [5.41, 5.74) is 0.550. The van der Waals surface area contributed by atoms with Crippen LogP contribution < -0.4 is 0 Å². The van der Waals surface area contributed by atoms with Crippen molar-refractivity contribution in [2.24, 2.45) is 5.92 Å². The van der Waals surface area contributed by atoms with Gasteiger partial charge in [-0.25, -0.2) is 0 Å². The summed E-state index contributed by atoms with van der Waals surface area (Å²) in [7, 11) is 2.24. The van der Waals surface area contributed by atoms with Crippen LogP contribution in [0.5, 0.6) is 0 Å². The molecule has 14 heavy (non-hydrogen) atoms. The van der Waals surface area contributed by atoms with Crippen molar-refractivity contribution >= 4 is 0 Å². The summed E-state index contributed by atoms with van der Waals surface area (Å²) in [4.78, 5) is 5.20. The summed E-state index contributed by atoms with van der Waals surface area (Å²) >= 11 is 0. The number of hydrogen-bond donors (Lipinski definition) is 0. The molecule has 0 aromatic heterocycles. The second-order valence-electron chi connectivity index (χ2n) is 5.42. The Balaban J connectivity index is 1.93. The number of nitrogens with zero attached hydrogens (tertiary/aromatic N) is 2. The van der Waals surface area contributed by atoms with Gasteiger partial charge in [0.1, 0.15) is 0 Å². The van der Waals surface area contributed by atoms with E-state index in [0.29, 0.717) is 5.54 Å². The third kappa shape index (κ3) is 1.70. The van der Waals surface area contributed by atoms with Gasteiger partial charge in [0, 0.05) is 18.6 Å². The lowest BCUT2D eigenvalue weighted by Crippen LogP contribution is -2.69. The quantitative estimate of drug-likeness (QED) is 0.664. The van der Waals surface area contributed by atoms with E-state index in [4.69, 9.17) is 0 Å². The third-order valence-corrected chi connectivity index (χ3v) is 4.24. The maximum absolute atomic E-state index is 2.76. The molecule has 0 aliphatic carbocycles. The lowest BCUT2D eigenvalue weighted by molar-refractivity contribution is -0.0587. The maximum Gasteiger partial charge on any atom is 0.0460 e. The average molecular weight is 196 g/mol. The van der Waals surface area contributed by atoms with E-state index >= 15 is 0 Å². The van der Waals surface area contributed by atoms with Crippen LogP contribution in [0.1, 0.15) is 33.1 Å². The van der Waals surface area contributed by atoms with Gasteiger partial charge in [-0.15, -0.1) is 0 Å². The van der Waals surface area contributed by atoms with E-state index in [9.17, 15) is 0 Å². The molecule has 0 amide bonds. The Bertz CT molecular complexity index is 188. The summed E-state index contributed by atoms with van der Waals surface area (Å²) in [6, 6.07) is 0. The highest BCUT2D eigenvalue weighted by Gasteiger charge is 2.44. The fourth-order valence-electron chi connectivity index (χ4n) is 3.09. The molecule has 2 rings (SSSR count). The fourth-order valence-corrected chi connectivity index (χ4v) is 3.09. The molecule has 2 heteroatoms. The normalized spacial score (nSPS) is 30.2. The van der Waals surface area contributed by atoms with E-state index in [1.54, 1.807) is 0 Å². The molecule has 0 spiro atoms. The van der Waals surface area contributed by atoms with Crippen LogP contribution in [-0.2, 0) is 0 Å². The zero-order valence-electron chi connectivity index (χ0n) is 9.92. The average Bonchev–Trinajstić information content (AvgIpc) is 2.14. The number of rotatable bonds is 2. The minimum Gasteiger partial charge on any atom is -0.303 e. The highest BCUT2D eigenvalue weighted by atomic mass is 15.3. The first-order valence-electron chi connectivity index (χ1n) is 6.10. The Hall–Kier alpha value is -0.0800. The largest absolute Gasteiger partial charge is 0.303 e. The van der Waals surface area contributed by atoms with E-state index in [1.165, 1.54) is 45.4 Å². The van der Waals surface area contributed by atoms with E-state index in [2.05, 4.69) is 30.7 Å². The van der Waals surface area contributed by atoms with Gasteiger partial charge in [-0.3, -0.25) is 4.90 Å². The molecule has 0 aromatic carbocycles. The molecule has 0 atom stereocenters. The van der Waals surface area contributed by atoms with Crippen molar-refractivity contribution in [3.63, 3.8) is 0 Å². The van der Waals surface area contributed by atoms with Crippen molar-refractivity contribution in [1.82, 2.24) is 9.80 Å². The van der Waals surface area contributed by atoms with Gasteiger partial charge >= 0.3 is 0 Å². The van der Waals surface area contributed by atoms with Crippen LogP contribution in [0.2, 0.25) is 0 Å². The molecule has 2 fully saturated rings. The van der Waals surface area contributed by atoms with Crippen LogP contribution in [-0.4, -0.2) is 48.6 Å². The van der Waals surface area contributed by atoms with Crippen LogP contribution in [0, 0.1) is 5.92 Å². The first kappa shape index (κ1) is 10.4. The number of likely N-dealkylation sites (N-methyl/N-ethyl adjacent to an activating group) is 1. The van der Waals surface area contributed by atoms with Crippen LogP contribution in [0.15, 0.2) is 0 Å². The van der Waals surface area contributed by atoms with E-state index in [1.807, 2.05) is 0 Å². The first-order chi connectivity index (χ1) is 6.66. The summed E-state index contributed by atoms with van der Waals surface area (Å²) < 4.78 is 0. The Morgan fingerprint density at radius 1 is 1.21 bits per heavy atom. The molecule has 0 saturated carbocycles. The second kappa shape index (κ2) is 3.82. The fraction of sp³-hybridized carbons (Fsp3) is 1.00. The summed E-state index contributed by atoms with van der Waals surface area (Å²) in [6.45, 7) is 10.00. The molecule has 0 aromatic rings. The number of hydrogen-bond acceptors (Lipinski definition) is 2. The Morgan fingerprint density at radius 2 is 1.79 bits per heavy atom. The van der Waals surface area contributed by atoms with Crippen LogP contribution in [0.3, 0.4) is 0 Å². The van der Waals surface area contributed by atoms with Gasteiger partial charge in [0.15, 0.2) is 0 Å². The molecule has 0 N–H and O–H groups in total. The number of likely N-dealkylation sites (tertiary alicyclic amines) is 2. The molecule has 2 saturated heterocycles.